The topological polar surface area (TPSA) is 79.3 Å². The van der Waals surface area contributed by atoms with Crippen LogP contribution in [0.5, 0.6) is 11.5 Å². The second-order valence-corrected chi connectivity index (χ2v) is 10.7. The van der Waals surface area contributed by atoms with E-state index in [4.69, 9.17) is 32.7 Å². The highest BCUT2D eigenvalue weighted by molar-refractivity contribution is 6.47. The molecule has 1 N–H and O–H groups in total. The van der Waals surface area contributed by atoms with Crippen molar-refractivity contribution in [2.75, 3.05) is 32.2 Å². The summed E-state index contributed by atoms with van der Waals surface area (Å²) < 4.78 is 10.8. The summed E-state index contributed by atoms with van der Waals surface area (Å²) >= 11 is 12.9. The van der Waals surface area contributed by atoms with Gasteiger partial charge in [-0.1, -0.05) is 59.1 Å². The third-order valence-corrected chi connectivity index (χ3v) is 8.14. The van der Waals surface area contributed by atoms with Gasteiger partial charge in [0.1, 0.15) is 10.8 Å². The van der Waals surface area contributed by atoms with Crippen molar-refractivity contribution in [3.8, 4) is 11.5 Å². The lowest BCUT2D eigenvalue weighted by Gasteiger charge is -2.27. The lowest BCUT2D eigenvalue weighted by atomic mass is 9.94. The molecule has 1 aliphatic rings. The molecule has 0 spiro atoms. The fourth-order valence-corrected chi connectivity index (χ4v) is 5.98. The molecule has 1 atom stereocenters. The molecule has 3 aromatic rings. The van der Waals surface area contributed by atoms with Crippen molar-refractivity contribution in [1.29, 1.82) is 0 Å². The monoisotopic (exact) mass is 596 g/mol. The van der Waals surface area contributed by atoms with Crippen LogP contribution in [0.4, 0.5) is 5.69 Å². The van der Waals surface area contributed by atoms with Crippen LogP contribution in [0.3, 0.4) is 0 Å². The summed E-state index contributed by atoms with van der Waals surface area (Å²) in [6.07, 6.45) is 0. The molecule has 0 bridgehead atoms. The Hall–Kier alpha value is -3.68. The number of ether oxygens (including phenoxy) is 2. The van der Waals surface area contributed by atoms with Gasteiger partial charge in [0.05, 0.1) is 36.4 Å². The second kappa shape index (κ2) is 12.5. The molecule has 1 fully saturated rings. The molecule has 41 heavy (non-hydrogen) atoms. The average Bonchev–Trinajstić information content (AvgIpc) is 3.20. The number of rotatable bonds is 9. The van der Waals surface area contributed by atoms with Crippen LogP contribution in [0.15, 0.2) is 54.1 Å². The number of aliphatic hydroxyl groups is 1. The Morgan fingerprint density at radius 1 is 0.951 bits per heavy atom. The molecule has 0 radical (unpaired) electrons. The van der Waals surface area contributed by atoms with Crippen molar-refractivity contribution < 1.29 is 24.2 Å². The highest BCUT2D eigenvalue weighted by atomic mass is 35.5. The molecular formula is C32H34Cl2N2O5. The van der Waals surface area contributed by atoms with Crippen molar-refractivity contribution in [2.45, 2.75) is 40.3 Å². The number of benzene rings is 3. The van der Waals surface area contributed by atoms with E-state index >= 15 is 0 Å². The van der Waals surface area contributed by atoms with E-state index in [1.165, 1.54) is 25.2 Å². The van der Waals surface area contributed by atoms with Gasteiger partial charge in [-0.2, -0.15) is 0 Å². The average molecular weight is 598 g/mol. The molecule has 7 nitrogen and oxygen atoms in total. The predicted octanol–water partition coefficient (Wildman–Crippen LogP) is 7.10. The number of nitrogens with zero attached hydrogens (tertiary/aromatic N) is 2. The molecule has 4 rings (SSSR count). The Morgan fingerprint density at radius 3 is 2.17 bits per heavy atom. The standard InChI is InChI=1S/C32H34Cl2N2O5/c1-7-35(8-2)22-13-11-20(12-14-22)27-25(28(37)23-16-24(33)31(41-6)26(34)30(23)40-5)29(38)32(39)36(27)17-21-15-18(3)9-10-19(21)4/h9-16,27,37H,7-8,17H2,1-6H3/b28-25+. The molecule has 1 amide bonds. The van der Waals surface area contributed by atoms with Gasteiger partial charge in [0.2, 0.25) is 0 Å². The Bertz CT molecular complexity index is 1510. The van der Waals surface area contributed by atoms with Crippen LogP contribution < -0.4 is 14.4 Å². The predicted molar refractivity (Wildman–Crippen MR) is 163 cm³/mol. The SMILES string of the molecule is CCN(CC)c1ccc(C2/C(=C(\O)c3cc(Cl)c(OC)c(Cl)c3OC)C(=O)C(=O)N2Cc2cc(C)ccc2C)cc1. The van der Waals surface area contributed by atoms with Gasteiger partial charge < -0.3 is 24.4 Å². The number of aliphatic hydroxyl groups excluding tert-OH is 1. The molecule has 3 aromatic carbocycles. The number of Topliss-reactive ketones (excluding diaryl/α,β-unsaturated/α-hetero) is 1. The van der Waals surface area contributed by atoms with Gasteiger partial charge in [-0.15, -0.1) is 0 Å². The minimum Gasteiger partial charge on any atom is -0.507 e. The third kappa shape index (κ3) is 5.61. The third-order valence-electron chi connectivity index (χ3n) is 7.52. The largest absolute Gasteiger partial charge is 0.507 e. The number of likely N-dealkylation sites (tertiary alicyclic amines) is 1. The number of hydrogen-bond acceptors (Lipinski definition) is 6. The number of ketones is 1. The van der Waals surface area contributed by atoms with Gasteiger partial charge in [-0.3, -0.25) is 9.59 Å². The smallest absolute Gasteiger partial charge is 0.295 e. The van der Waals surface area contributed by atoms with E-state index in [1.807, 2.05) is 56.3 Å². The van der Waals surface area contributed by atoms with Crippen LogP contribution in [0.2, 0.25) is 10.0 Å². The summed E-state index contributed by atoms with van der Waals surface area (Å²) in [4.78, 5) is 31.0. The molecule has 216 valence electrons. The quantitative estimate of drug-likeness (QED) is 0.161. The molecule has 0 saturated carbocycles. The minimum atomic E-state index is -0.870. The van der Waals surface area contributed by atoms with Crippen LogP contribution in [-0.4, -0.2) is 49.0 Å². The summed E-state index contributed by atoms with van der Waals surface area (Å²) in [6, 6.07) is 14.2. The van der Waals surface area contributed by atoms with Crippen LogP contribution in [0.25, 0.3) is 5.76 Å². The van der Waals surface area contributed by atoms with Crippen molar-refractivity contribution in [3.63, 3.8) is 0 Å². The lowest BCUT2D eigenvalue weighted by molar-refractivity contribution is -0.140. The van der Waals surface area contributed by atoms with E-state index < -0.39 is 23.5 Å². The molecule has 1 aliphatic heterocycles. The maximum atomic E-state index is 13.7. The molecule has 0 aromatic heterocycles. The van der Waals surface area contributed by atoms with Crippen LogP contribution in [0, 0.1) is 13.8 Å². The minimum absolute atomic E-state index is 0.0359. The zero-order valence-corrected chi connectivity index (χ0v) is 25.6. The summed E-state index contributed by atoms with van der Waals surface area (Å²) in [6.45, 7) is 9.94. The van der Waals surface area contributed by atoms with E-state index in [0.29, 0.717) is 5.56 Å². The van der Waals surface area contributed by atoms with Crippen molar-refractivity contribution in [2.24, 2.45) is 0 Å². The zero-order chi connectivity index (χ0) is 30.0. The molecule has 1 unspecified atom stereocenters. The lowest BCUT2D eigenvalue weighted by Crippen LogP contribution is -2.29. The first kappa shape index (κ1) is 30.3. The number of carbonyl (C=O) groups is 2. The Morgan fingerprint density at radius 2 is 1.59 bits per heavy atom. The van der Waals surface area contributed by atoms with Crippen molar-refractivity contribution in [1.82, 2.24) is 4.90 Å². The first-order valence-corrected chi connectivity index (χ1v) is 14.1. The molecule has 1 heterocycles. The summed E-state index contributed by atoms with van der Waals surface area (Å²) in [5.74, 6) is -1.72. The number of carbonyl (C=O) groups excluding carboxylic acids is 2. The Kier molecular flexibility index (Phi) is 9.20. The highest BCUT2D eigenvalue weighted by Gasteiger charge is 2.46. The van der Waals surface area contributed by atoms with Gasteiger partial charge >= 0.3 is 0 Å². The molecule has 1 saturated heterocycles. The Balaban J connectivity index is 1.94. The fourth-order valence-electron chi connectivity index (χ4n) is 5.29. The van der Waals surface area contributed by atoms with Crippen LogP contribution >= 0.6 is 23.2 Å². The van der Waals surface area contributed by atoms with Gasteiger partial charge in [0.25, 0.3) is 11.7 Å². The maximum Gasteiger partial charge on any atom is 0.295 e. The van der Waals surface area contributed by atoms with Crippen molar-refractivity contribution >= 4 is 46.3 Å². The van der Waals surface area contributed by atoms with Crippen LogP contribution in [0.1, 0.15) is 47.7 Å². The van der Waals surface area contributed by atoms with Gasteiger partial charge in [-0.05, 0) is 62.6 Å². The maximum absolute atomic E-state index is 13.7. The van der Waals surface area contributed by atoms with Crippen molar-refractivity contribution in [3.05, 3.63) is 92.0 Å². The summed E-state index contributed by atoms with van der Waals surface area (Å²) in [5.41, 5.74) is 4.63. The van der Waals surface area contributed by atoms with Gasteiger partial charge in [-0.25, -0.2) is 0 Å². The number of methoxy groups -OCH3 is 2. The first-order chi connectivity index (χ1) is 19.6. The first-order valence-electron chi connectivity index (χ1n) is 13.4. The number of anilines is 1. The number of hydrogen-bond donors (Lipinski definition) is 1. The van der Waals surface area contributed by atoms with E-state index in [0.717, 1.165) is 35.5 Å². The van der Waals surface area contributed by atoms with Crippen LogP contribution in [-0.2, 0) is 16.1 Å². The van der Waals surface area contributed by atoms with Gasteiger partial charge in [0, 0.05) is 25.3 Å². The molecular weight excluding hydrogens is 563 g/mol. The molecule has 9 heteroatoms. The van der Waals surface area contributed by atoms with E-state index in [2.05, 4.69) is 18.7 Å². The van der Waals surface area contributed by atoms with E-state index in [9.17, 15) is 14.7 Å². The Labute approximate surface area is 250 Å². The highest BCUT2D eigenvalue weighted by Crippen LogP contribution is 2.47. The molecule has 0 aliphatic carbocycles. The normalized spacial score (nSPS) is 16.3. The number of amides is 1. The number of aryl methyl sites for hydroxylation is 2. The van der Waals surface area contributed by atoms with E-state index in [1.54, 1.807) is 0 Å². The summed E-state index contributed by atoms with van der Waals surface area (Å²) in [5, 5.41) is 11.9. The number of halogens is 2. The van der Waals surface area contributed by atoms with Gasteiger partial charge in [0.15, 0.2) is 11.5 Å². The summed E-state index contributed by atoms with van der Waals surface area (Å²) in [7, 11) is 2.79. The second-order valence-electron chi connectivity index (χ2n) is 9.91. The zero-order valence-electron chi connectivity index (χ0n) is 24.0. The van der Waals surface area contributed by atoms with E-state index in [-0.39, 0.29) is 39.2 Å². The fraction of sp³-hybridized carbons (Fsp3) is 0.312.